The molecular formula is C15H18ClNO2S. The summed E-state index contributed by atoms with van der Waals surface area (Å²) in [5.74, 6) is 0.0912. The van der Waals surface area contributed by atoms with Gasteiger partial charge in [0.15, 0.2) is 9.84 Å². The van der Waals surface area contributed by atoms with E-state index in [1.807, 2.05) is 44.2 Å². The summed E-state index contributed by atoms with van der Waals surface area (Å²) >= 11 is 0. The van der Waals surface area contributed by atoms with Gasteiger partial charge >= 0.3 is 0 Å². The Morgan fingerprint density at radius 3 is 2.45 bits per heavy atom. The van der Waals surface area contributed by atoms with Crippen molar-refractivity contribution in [2.75, 3.05) is 5.75 Å². The molecule has 0 aliphatic carbocycles. The van der Waals surface area contributed by atoms with E-state index in [0.717, 1.165) is 16.8 Å². The summed E-state index contributed by atoms with van der Waals surface area (Å²) in [4.78, 5) is 4.57. The number of hydrogen-bond donors (Lipinski definition) is 0. The second-order valence-electron chi connectivity index (χ2n) is 4.66. The summed E-state index contributed by atoms with van der Waals surface area (Å²) in [5, 5.41) is 0. The van der Waals surface area contributed by atoms with E-state index in [2.05, 4.69) is 4.98 Å². The number of aryl methyl sites for hydroxylation is 3. The van der Waals surface area contributed by atoms with Gasteiger partial charge in [0, 0.05) is 18.3 Å². The van der Waals surface area contributed by atoms with E-state index in [0.29, 0.717) is 11.3 Å². The van der Waals surface area contributed by atoms with Crippen LogP contribution in [-0.2, 0) is 16.3 Å². The number of pyridine rings is 1. The molecule has 0 aliphatic heterocycles. The first-order valence-electron chi connectivity index (χ1n) is 6.19. The summed E-state index contributed by atoms with van der Waals surface area (Å²) in [6, 6.07) is 11.0. The second-order valence-corrected chi connectivity index (χ2v) is 6.74. The molecule has 1 aromatic carbocycles. The molecule has 20 heavy (non-hydrogen) atoms. The van der Waals surface area contributed by atoms with Gasteiger partial charge in [0.25, 0.3) is 0 Å². The third-order valence-electron chi connectivity index (χ3n) is 3.02. The van der Waals surface area contributed by atoms with Gasteiger partial charge in [-0.15, -0.1) is 12.4 Å². The Bertz CT molecular complexity index is 670. The van der Waals surface area contributed by atoms with Crippen LogP contribution in [0.4, 0.5) is 0 Å². The molecule has 0 amide bonds. The minimum Gasteiger partial charge on any atom is -0.261 e. The quantitative estimate of drug-likeness (QED) is 0.871. The SMILES string of the molecule is Cc1ccc(S(=O)(=O)CCc2ccccn2)c(C)c1.Cl. The highest BCUT2D eigenvalue weighted by Crippen LogP contribution is 2.18. The number of rotatable bonds is 4. The Kier molecular flexibility index (Phi) is 5.72. The van der Waals surface area contributed by atoms with Crippen molar-refractivity contribution in [2.24, 2.45) is 0 Å². The van der Waals surface area contributed by atoms with Crippen molar-refractivity contribution in [1.82, 2.24) is 4.98 Å². The van der Waals surface area contributed by atoms with Crippen molar-refractivity contribution >= 4 is 22.2 Å². The zero-order valence-corrected chi connectivity index (χ0v) is 13.2. The Hall–Kier alpha value is -1.39. The summed E-state index contributed by atoms with van der Waals surface area (Å²) in [6.45, 7) is 3.79. The fourth-order valence-electron chi connectivity index (χ4n) is 2.04. The molecule has 0 N–H and O–H groups in total. The maximum atomic E-state index is 12.3. The maximum Gasteiger partial charge on any atom is 0.179 e. The van der Waals surface area contributed by atoms with Crippen LogP contribution in [0.2, 0.25) is 0 Å². The monoisotopic (exact) mass is 311 g/mol. The van der Waals surface area contributed by atoms with E-state index in [1.54, 1.807) is 12.3 Å². The van der Waals surface area contributed by atoms with E-state index in [-0.39, 0.29) is 18.2 Å². The molecule has 1 aromatic heterocycles. The molecule has 1 heterocycles. The lowest BCUT2D eigenvalue weighted by atomic mass is 10.2. The average molecular weight is 312 g/mol. The van der Waals surface area contributed by atoms with E-state index in [1.165, 1.54) is 0 Å². The highest BCUT2D eigenvalue weighted by atomic mass is 35.5. The predicted octanol–water partition coefficient (Wildman–Crippen LogP) is 3.14. The number of aromatic nitrogens is 1. The van der Waals surface area contributed by atoms with Crippen molar-refractivity contribution in [3.05, 3.63) is 59.4 Å². The van der Waals surface area contributed by atoms with Crippen LogP contribution >= 0.6 is 12.4 Å². The smallest absolute Gasteiger partial charge is 0.179 e. The first kappa shape index (κ1) is 16.7. The summed E-state index contributed by atoms with van der Waals surface area (Å²) in [7, 11) is -3.25. The molecular weight excluding hydrogens is 294 g/mol. The van der Waals surface area contributed by atoms with Crippen LogP contribution in [0, 0.1) is 13.8 Å². The number of sulfone groups is 1. The number of halogens is 1. The second kappa shape index (κ2) is 6.86. The fraction of sp³-hybridized carbons (Fsp3) is 0.267. The first-order chi connectivity index (χ1) is 8.99. The van der Waals surface area contributed by atoms with E-state index >= 15 is 0 Å². The van der Waals surface area contributed by atoms with Crippen molar-refractivity contribution in [3.8, 4) is 0 Å². The normalized spacial score (nSPS) is 10.9. The van der Waals surface area contributed by atoms with Crippen LogP contribution in [-0.4, -0.2) is 19.2 Å². The standard InChI is InChI=1S/C15H17NO2S.ClH/c1-12-6-7-15(13(2)11-12)19(17,18)10-8-14-5-3-4-9-16-14;/h3-7,9,11H,8,10H2,1-2H3;1H. The molecule has 0 bridgehead atoms. The summed E-state index contributed by atoms with van der Waals surface area (Å²) in [5.41, 5.74) is 2.68. The molecule has 2 aromatic rings. The topological polar surface area (TPSA) is 47.0 Å². The molecule has 0 saturated carbocycles. The molecule has 2 rings (SSSR count). The van der Waals surface area contributed by atoms with Gasteiger partial charge < -0.3 is 0 Å². The van der Waals surface area contributed by atoms with Gasteiger partial charge in [-0.1, -0.05) is 23.8 Å². The summed E-state index contributed by atoms with van der Waals surface area (Å²) in [6.07, 6.45) is 2.12. The van der Waals surface area contributed by atoms with Gasteiger partial charge in [0.05, 0.1) is 10.6 Å². The molecule has 3 nitrogen and oxygen atoms in total. The Labute approximate surface area is 126 Å². The molecule has 0 atom stereocenters. The molecule has 0 spiro atoms. The van der Waals surface area contributed by atoms with Crippen LogP contribution in [0.25, 0.3) is 0 Å². The number of nitrogens with zero attached hydrogens (tertiary/aromatic N) is 1. The van der Waals surface area contributed by atoms with Gasteiger partial charge in [-0.3, -0.25) is 4.98 Å². The number of benzene rings is 1. The highest BCUT2D eigenvalue weighted by Gasteiger charge is 2.17. The Morgan fingerprint density at radius 2 is 1.85 bits per heavy atom. The fourth-order valence-corrected chi connectivity index (χ4v) is 3.57. The third kappa shape index (κ3) is 4.05. The van der Waals surface area contributed by atoms with Crippen LogP contribution in [0.3, 0.4) is 0 Å². The van der Waals surface area contributed by atoms with Gasteiger partial charge in [-0.05, 0) is 37.6 Å². The molecule has 0 unspecified atom stereocenters. The average Bonchev–Trinajstić information content (AvgIpc) is 2.37. The van der Waals surface area contributed by atoms with Gasteiger partial charge in [0.1, 0.15) is 0 Å². The third-order valence-corrected chi connectivity index (χ3v) is 4.89. The minimum atomic E-state index is -3.25. The van der Waals surface area contributed by atoms with Crippen LogP contribution in [0.1, 0.15) is 16.8 Å². The molecule has 0 saturated heterocycles. The molecule has 0 radical (unpaired) electrons. The maximum absolute atomic E-state index is 12.3. The Balaban J connectivity index is 0.00000200. The predicted molar refractivity (Wildman–Crippen MR) is 83.2 cm³/mol. The van der Waals surface area contributed by atoms with E-state index in [4.69, 9.17) is 0 Å². The largest absolute Gasteiger partial charge is 0.261 e. The first-order valence-corrected chi connectivity index (χ1v) is 7.84. The lowest BCUT2D eigenvalue weighted by Gasteiger charge is -2.08. The molecule has 0 fully saturated rings. The molecule has 108 valence electrons. The van der Waals surface area contributed by atoms with Crippen LogP contribution < -0.4 is 0 Å². The Morgan fingerprint density at radius 1 is 1.10 bits per heavy atom. The summed E-state index contributed by atoms with van der Waals surface area (Å²) < 4.78 is 24.6. The van der Waals surface area contributed by atoms with E-state index < -0.39 is 9.84 Å². The lowest BCUT2D eigenvalue weighted by molar-refractivity contribution is 0.594. The van der Waals surface area contributed by atoms with Crippen LogP contribution in [0.5, 0.6) is 0 Å². The van der Waals surface area contributed by atoms with Gasteiger partial charge in [-0.25, -0.2) is 8.42 Å². The molecule has 0 aliphatic rings. The number of hydrogen-bond acceptors (Lipinski definition) is 3. The van der Waals surface area contributed by atoms with Gasteiger partial charge in [0.2, 0.25) is 0 Å². The lowest BCUT2D eigenvalue weighted by Crippen LogP contribution is -2.11. The van der Waals surface area contributed by atoms with Gasteiger partial charge in [-0.2, -0.15) is 0 Å². The zero-order chi connectivity index (χ0) is 13.9. The minimum absolute atomic E-state index is 0. The highest BCUT2D eigenvalue weighted by molar-refractivity contribution is 7.91. The zero-order valence-electron chi connectivity index (χ0n) is 11.5. The van der Waals surface area contributed by atoms with Crippen molar-refractivity contribution < 1.29 is 8.42 Å². The van der Waals surface area contributed by atoms with Crippen molar-refractivity contribution in [1.29, 1.82) is 0 Å². The van der Waals surface area contributed by atoms with Crippen molar-refractivity contribution in [3.63, 3.8) is 0 Å². The van der Waals surface area contributed by atoms with Crippen molar-refractivity contribution in [2.45, 2.75) is 25.2 Å². The van der Waals surface area contributed by atoms with Crippen LogP contribution in [0.15, 0.2) is 47.5 Å². The molecule has 5 heteroatoms. The van der Waals surface area contributed by atoms with E-state index in [9.17, 15) is 8.42 Å².